The van der Waals surface area contributed by atoms with Crippen molar-refractivity contribution in [3.63, 3.8) is 0 Å². The third-order valence-corrected chi connectivity index (χ3v) is 2.12. The Balaban J connectivity index is 2.44. The van der Waals surface area contributed by atoms with E-state index in [9.17, 15) is 4.39 Å². The van der Waals surface area contributed by atoms with Crippen LogP contribution in [-0.2, 0) is 11.3 Å². The zero-order valence-electron chi connectivity index (χ0n) is 9.29. The molecule has 1 rings (SSSR count). The van der Waals surface area contributed by atoms with Crippen molar-refractivity contribution >= 4 is 0 Å². The van der Waals surface area contributed by atoms with E-state index in [1.807, 2.05) is 13.0 Å². The van der Waals surface area contributed by atoms with Crippen molar-refractivity contribution in [2.45, 2.75) is 13.5 Å². The van der Waals surface area contributed by atoms with Crippen LogP contribution >= 0.6 is 0 Å². The van der Waals surface area contributed by atoms with Crippen molar-refractivity contribution in [2.24, 2.45) is 0 Å². The van der Waals surface area contributed by atoms with E-state index in [-0.39, 0.29) is 5.82 Å². The van der Waals surface area contributed by atoms with Gasteiger partial charge < -0.3 is 10.1 Å². The number of ether oxygens (including phenoxy) is 1. The third kappa shape index (κ3) is 3.97. The van der Waals surface area contributed by atoms with Gasteiger partial charge in [0, 0.05) is 25.3 Å². The average Bonchev–Trinajstić information content (AvgIpc) is 2.31. The fourth-order valence-electron chi connectivity index (χ4n) is 1.29. The van der Waals surface area contributed by atoms with E-state index in [2.05, 4.69) is 5.32 Å². The number of benzene rings is 1. The van der Waals surface area contributed by atoms with E-state index < -0.39 is 0 Å². The Kier molecular flexibility index (Phi) is 5.48. The van der Waals surface area contributed by atoms with Crippen LogP contribution in [0.1, 0.15) is 18.1 Å². The van der Waals surface area contributed by atoms with E-state index in [1.54, 1.807) is 6.07 Å². The van der Waals surface area contributed by atoms with Crippen LogP contribution < -0.4 is 5.32 Å². The van der Waals surface area contributed by atoms with Crippen LogP contribution in [0.5, 0.6) is 0 Å². The summed E-state index contributed by atoms with van der Waals surface area (Å²) in [6.45, 7) is 4.30. The van der Waals surface area contributed by atoms with Gasteiger partial charge in [0.05, 0.1) is 18.2 Å². The van der Waals surface area contributed by atoms with E-state index in [1.165, 1.54) is 12.1 Å². The van der Waals surface area contributed by atoms with Crippen molar-refractivity contribution < 1.29 is 9.13 Å². The normalized spacial score (nSPS) is 10.1. The third-order valence-electron chi connectivity index (χ3n) is 2.12. The van der Waals surface area contributed by atoms with Gasteiger partial charge in [0.15, 0.2) is 0 Å². The van der Waals surface area contributed by atoms with Crippen LogP contribution in [0.3, 0.4) is 0 Å². The molecule has 1 aromatic rings. The number of nitrogens with one attached hydrogen (secondary N) is 1. The first kappa shape index (κ1) is 12.6. The molecule has 0 unspecified atom stereocenters. The predicted octanol–water partition coefficient (Wildman–Crippen LogP) is 1.82. The number of hydrogen-bond acceptors (Lipinski definition) is 3. The smallest absolute Gasteiger partial charge is 0.127 e. The van der Waals surface area contributed by atoms with E-state index in [0.29, 0.717) is 37.4 Å². The lowest BCUT2D eigenvalue weighted by Crippen LogP contribution is -2.19. The van der Waals surface area contributed by atoms with Gasteiger partial charge in [-0.3, -0.25) is 0 Å². The van der Waals surface area contributed by atoms with E-state index >= 15 is 0 Å². The molecule has 0 spiro atoms. The van der Waals surface area contributed by atoms with Gasteiger partial charge in [-0.1, -0.05) is 0 Å². The molecule has 4 heteroatoms. The molecule has 0 amide bonds. The molecule has 0 aliphatic rings. The first-order chi connectivity index (χ1) is 7.77. The molecule has 0 heterocycles. The summed E-state index contributed by atoms with van der Waals surface area (Å²) in [7, 11) is 0. The molecule has 1 N–H and O–H groups in total. The summed E-state index contributed by atoms with van der Waals surface area (Å²) in [6.07, 6.45) is 0. The largest absolute Gasteiger partial charge is 0.380 e. The molecular formula is C12H15FN2O. The minimum Gasteiger partial charge on any atom is -0.380 e. The summed E-state index contributed by atoms with van der Waals surface area (Å²) in [4.78, 5) is 0. The Morgan fingerprint density at radius 3 is 3.00 bits per heavy atom. The second-order valence-corrected chi connectivity index (χ2v) is 3.29. The van der Waals surface area contributed by atoms with Gasteiger partial charge in [-0.2, -0.15) is 5.26 Å². The Hall–Kier alpha value is -1.44. The highest BCUT2D eigenvalue weighted by Gasteiger charge is 2.02. The maximum absolute atomic E-state index is 13.3. The summed E-state index contributed by atoms with van der Waals surface area (Å²) in [6, 6.07) is 6.33. The summed E-state index contributed by atoms with van der Waals surface area (Å²) < 4.78 is 18.4. The number of rotatable bonds is 6. The molecule has 0 saturated carbocycles. The first-order valence-electron chi connectivity index (χ1n) is 5.25. The average molecular weight is 222 g/mol. The highest BCUT2D eigenvalue weighted by Crippen LogP contribution is 2.09. The van der Waals surface area contributed by atoms with Crippen molar-refractivity contribution in [1.82, 2.24) is 5.32 Å². The maximum Gasteiger partial charge on any atom is 0.127 e. The van der Waals surface area contributed by atoms with Crippen LogP contribution in [0.2, 0.25) is 0 Å². The van der Waals surface area contributed by atoms with Gasteiger partial charge in [0.2, 0.25) is 0 Å². The Bertz CT molecular complexity index is 374. The van der Waals surface area contributed by atoms with Crippen molar-refractivity contribution in [1.29, 1.82) is 5.26 Å². The molecule has 16 heavy (non-hydrogen) atoms. The first-order valence-corrected chi connectivity index (χ1v) is 5.25. The molecule has 0 radical (unpaired) electrons. The van der Waals surface area contributed by atoms with Crippen molar-refractivity contribution in [2.75, 3.05) is 19.8 Å². The monoisotopic (exact) mass is 222 g/mol. The van der Waals surface area contributed by atoms with Gasteiger partial charge in [-0.05, 0) is 25.1 Å². The summed E-state index contributed by atoms with van der Waals surface area (Å²) in [5.41, 5.74) is 0.985. The number of nitrogens with zero attached hydrogens (tertiary/aromatic N) is 1. The van der Waals surface area contributed by atoms with E-state index in [4.69, 9.17) is 10.00 Å². The second kappa shape index (κ2) is 6.94. The molecule has 3 nitrogen and oxygen atoms in total. The molecular weight excluding hydrogens is 207 g/mol. The molecule has 0 saturated heterocycles. The summed E-state index contributed by atoms with van der Waals surface area (Å²) in [5, 5.41) is 11.7. The van der Waals surface area contributed by atoms with Crippen LogP contribution in [0.4, 0.5) is 4.39 Å². The second-order valence-electron chi connectivity index (χ2n) is 3.29. The zero-order valence-corrected chi connectivity index (χ0v) is 9.29. The molecule has 86 valence electrons. The standard InChI is InChI=1S/C12H15FN2O/c1-2-16-6-5-15-9-11-7-10(8-14)3-4-12(11)13/h3-4,7,15H,2,5-6,9H2,1H3. The fourth-order valence-corrected chi connectivity index (χ4v) is 1.29. The molecule has 0 atom stereocenters. The molecule has 0 aliphatic carbocycles. The lowest BCUT2D eigenvalue weighted by molar-refractivity contribution is 0.149. The van der Waals surface area contributed by atoms with Crippen LogP contribution in [0.15, 0.2) is 18.2 Å². The topological polar surface area (TPSA) is 45.0 Å². The molecule has 0 aliphatic heterocycles. The number of hydrogen-bond donors (Lipinski definition) is 1. The number of halogens is 1. The van der Waals surface area contributed by atoms with Gasteiger partial charge in [0.1, 0.15) is 5.82 Å². The van der Waals surface area contributed by atoms with Crippen LogP contribution in [0, 0.1) is 17.1 Å². The van der Waals surface area contributed by atoms with Crippen LogP contribution in [0.25, 0.3) is 0 Å². The summed E-state index contributed by atoms with van der Waals surface area (Å²) in [5.74, 6) is -0.289. The lowest BCUT2D eigenvalue weighted by Gasteiger charge is -2.06. The van der Waals surface area contributed by atoms with Gasteiger partial charge >= 0.3 is 0 Å². The molecule has 0 fully saturated rings. The van der Waals surface area contributed by atoms with Crippen LogP contribution in [-0.4, -0.2) is 19.8 Å². The SMILES string of the molecule is CCOCCNCc1cc(C#N)ccc1F. The molecule has 0 aromatic heterocycles. The minimum atomic E-state index is -0.289. The number of nitriles is 1. The Morgan fingerprint density at radius 2 is 2.31 bits per heavy atom. The fraction of sp³-hybridized carbons (Fsp3) is 0.417. The van der Waals surface area contributed by atoms with Gasteiger partial charge in [-0.25, -0.2) is 4.39 Å². The highest BCUT2D eigenvalue weighted by molar-refractivity contribution is 5.33. The zero-order chi connectivity index (χ0) is 11.8. The quantitative estimate of drug-likeness (QED) is 0.747. The van der Waals surface area contributed by atoms with Gasteiger partial charge in [0.25, 0.3) is 0 Å². The maximum atomic E-state index is 13.3. The summed E-state index contributed by atoms with van der Waals surface area (Å²) >= 11 is 0. The van der Waals surface area contributed by atoms with Crippen molar-refractivity contribution in [3.05, 3.63) is 35.1 Å². The van der Waals surface area contributed by atoms with Gasteiger partial charge in [-0.15, -0.1) is 0 Å². The highest BCUT2D eigenvalue weighted by atomic mass is 19.1. The van der Waals surface area contributed by atoms with Crippen molar-refractivity contribution in [3.8, 4) is 6.07 Å². The van der Waals surface area contributed by atoms with E-state index in [0.717, 1.165) is 0 Å². The Labute approximate surface area is 94.8 Å². The Morgan fingerprint density at radius 1 is 1.50 bits per heavy atom. The molecule has 0 bridgehead atoms. The predicted molar refractivity (Wildman–Crippen MR) is 59.3 cm³/mol. The lowest BCUT2D eigenvalue weighted by atomic mass is 10.1. The minimum absolute atomic E-state index is 0.289. The molecule has 1 aromatic carbocycles.